The van der Waals surface area contributed by atoms with Crippen LogP contribution in [0, 0.1) is 0 Å². The lowest BCUT2D eigenvalue weighted by Gasteiger charge is -2.18. The van der Waals surface area contributed by atoms with E-state index >= 15 is 0 Å². The van der Waals surface area contributed by atoms with Crippen molar-refractivity contribution in [3.05, 3.63) is 0 Å². The van der Waals surface area contributed by atoms with Crippen LogP contribution in [0.15, 0.2) is 0 Å². The zero-order valence-electron chi connectivity index (χ0n) is 7.60. The van der Waals surface area contributed by atoms with Gasteiger partial charge in [0.2, 0.25) is 10.1 Å². The molecule has 0 heterocycles. The average molecular weight is 250 g/mol. The topological polar surface area (TPSA) is 29.5 Å². The minimum absolute atomic E-state index is 0.426. The Morgan fingerprint density at radius 3 is 2.31 bits per heavy atom. The highest BCUT2D eigenvalue weighted by atomic mass is 35.6. The van der Waals surface area contributed by atoms with Crippen LogP contribution in [0.1, 0.15) is 32.6 Å². The third-order valence-corrected chi connectivity index (χ3v) is 2.11. The van der Waals surface area contributed by atoms with Crippen LogP contribution in [0.3, 0.4) is 0 Å². The van der Waals surface area contributed by atoms with Crippen LogP contribution in [-0.2, 0) is 4.74 Å². The van der Waals surface area contributed by atoms with Crippen LogP contribution >= 0.6 is 34.8 Å². The van der Waals surface area contributed by atoms with Gasteiger partial charge in [0.1, 0.15) is 0 Å². The Labute approximate surface area is 94.1 Å². The van der Waals surface area contributed by atoms with Crippen molar-refractivity contribution in [2.24, 2.45) is 0 Å². The number of alkyl halides is 3. The van der Waals surface area contributed by atoms with Gasteiger partial charge in [0.25, 0.3) is 0 Å². The predicted molar refractivity (Wildman–Crippen MR) is 56.4 cm³/mol. The highest BCUT2D eigenvalue weighted by molar-refractivity contribution is 6.67. The number of hydrogen-bond donors (Lipinski definition) is 1. The Bertz CT molecular complexity index is 125. The van der Waals surface area contributed by atoms with Crippen molar-refractivity contribution >= 4 is 34.8 Å². The van der Waals surface area contributed by atoms with Gasteiger partial charge >= 0.3 is 0 Å². The number of ether oxygens (including phenoxy) is 1. The van der Waals surface area contributed by atoms with Crippen molar-refractivity contribution in [3.63, 3.8) is 0 Å². The first kappa shape index (κ1) is 13.8. The first-order chi connectivity index (χ1) is 5.98. The van der Waals surface area contributed by atoms with Gasteiger partial charge in [-0.3, -0.25) is 0 Å². The molecule has 2 nitrogen and oxygen atoms in total. The molecule has 0 aliphatic heterocycles. The van der Waals surface area contributed by atoms with Crippen molar-refractivity contribution in [1.29, 1.82) is 0 Å². The predicted octanol–water partition coefficient (Wildman–Crippen LogP) is 3.27. The molecule has 0 aromatic carbocycles. The van der Waals surface area contributed by atoms with E-state index in [4.69, 9.17) is 44.6 Å². The fourth-order valence-electron chi connectivity index (χ4n) is 0.818. The van der Waals surface area contributed by atoms with Gasteiger partial charge in [-0.2, -0.15) is 0 Å². The molecule has 0 radical (unpaired) electrons. The van der Waals surface area contributed by atoms with Gasteiger partial charge in [-0.1, -0.05) is 61.0 Å². The molecule has 0 saturated heterocycles. The van der Waals surface area contributed by atoms with Crippen molar-refractivity contribution in [2.75, 3.05) is 6.61 Å². The SMILES string of the molecule is CCCCCCOC(O)C(Cl)(Cl)Cl. The van der Waals surface area contributed by atoms with E-state index in [1.165, 1.54) is 0 Å². The van der Waals surface area contributed by atoms with Crippen LogP contribution in [0.25, 0.3) is 0 Å². The van der Waals surface area contributed by atoms with Crippen molar-refractivity contribution in [1.82, 2.24) is 0 Å². The van der Waals surface area contributed by atoms with Gasteiger partial charge in [0.05, 0.1) is 0 Å². The smallest absolute Gasteiger partial charge is 0.240 e. The highest BCUT2D eigenvalue weighted by Crippen LogP contribution is 2.30. The van der Waals surface area contributed by atoms with Gasteiger partial charge in [0.15, 0.2) is 0 Å². The second kappa shape index (κ2) is 7.13. The van der Waals surface area contributed by atoms with E-state index in [1.807, 2.05) is 0 Å². The molecule has 0 amide bonds. The Morgan fingerprint density at radius 2 is 1.85 bits per heavy atom. The van der Waals surface area contributed by atoms with Gasteiger partial charge in [-0.25, -0.2) is 0 Å². The summed E-state index contributed by atoms with van der Waals surface area (Å²) >= 11 is 16.1. The zero-order valence-corrected chi connectivity index (χ0v) is 9.87. The van der Waals surface area contributed by atoms with Gasteiger partial charge in [0, 0.05) is 6.61 Å². The fourth-order valence-corrected chi connectivity index (χ4v) is 1.01. The van der Waals surface area contributed by atoms with Crippen molar-refractivity contribution < 1.29 is 9.84 Å². The van der Waals surface area contributed by atoms with E-state index < -0.39 is 10.1 Å². The normalized spacial score (nSPS) is 14.5. The van der Waals surface area contributed by atoms with E-state index in [0.29, 0.717) is 6.61 Å². The van der Waals surface area contributed by atoms with E-state index in [2.05, 4.69) is 6.92 Å². The number of hydrogen-bond acceptors (Lipinski definition) is 2. The molecular weight excluding hydrogens is 234 g/mol. The second-order valence-corrected chi connectivity index (χ2v) is 5.19. The van der Waals surface area contributed by atoms with E-state index in [9.17, 15) is 0 Å². The number of rotatable bonds is 6. The van der Waals surface area contributed by atoms with Gasteiger partial charge in [-0.15, -0.1) is 0 Å². The maximum absolute atomic E-state index is 9.12. The van der Waals surface area contributed by atoms with E-state index in [-0.39, 0.29) is 0 Å². The van der Waals surface area contributed by atoms with Gasteiger partial charge < -0.3 is 9.84 Å². The summed E-state index contributed by atoms with van der Waals surface area (Å²) in [5.74, 6) is 0. The summed E-state index contributed by atoms with van der Waals surface area (Å²) in [6.07, 6.45) is 2.94. The lowest BCUT2D eigenvalue weighted by Crippen LogP contribution is -2.28. The molecule has 0 saturated carbocycles. The lowest BCUT2D eigenvalue weighted by molar-refractivity contribution is -0.0961. The summed E-state index contributed by atoms with van der Waals surface area (Å²) in [7, 11) is 0. The summed E-state index contributed by atoms with van der Waals surface area (Å²) in [6.45, 7) is 2.55. The molecule has 1 atom stereocenters. The number of unbranched alkanes of at least 4 members (excludes halogenated alkanes) is 3. The fraction of sp³-hybridized carbons (Fsp3) is 1.00. The number of aliphatic hydroxyl groups is 1. The highest BCUT2D eigenvalue weighted by Gasteiger charge is 2.31. The standard InChI is InChI=1S/C8H15Cl3O2/c1-2-3-4-5-6-13-7(12)8(9,10)11/h7,12H,2-6H2,1H3. The Kier molecular flexibility index (Phi) is 7.56. The molecule has 13 heavy (non-hydrogen) atoms. The summed E-state index contributed by atoms with van der Waals surface area (Å²) in [5, 5.41) is 9.12. The summed E-state index contributed by atoms with van der Waals surface area (Å²) in [6, 6.07) is 0. The summed E-state index contributed by atoms with van der Waals surface area (Å²) in [4.78, 5) is 0. The second-order valence-electron chi connectivity index (χ2n) is 2.83. The average Bonchev–Trinajstić information content (AvgIpc) is 2.02. The summed E-state index contributed by atoms with van der Waals surface area (Å²) < 4.78 is 3.17. The molecule has 0 fully saturated rings. The first-order valence-electron chi connectivity index (χ1n) is 4.35. The molecule has 0 aliphatic rings. The molecular formula is C8H15Cl3O2. The minimum atomic E-state index is -1.75. The molecule has 0 bridgehead atoms. The number of aliphatic hydroxyl groups excluding tert-OH is 1. The largest absolute Gasteiger partial charge is 0.365 e. The third-order valence-electron chi connectivity index (χ3n) is 1.55. The van der Waals surface area contributed by atoms with Gasteiger partial charge in [-0.05, 0) is 6.42 Å². The Hall–Kier alpha value is 0.790. The lowest BCUT2D eigenvalue weighted by atomic mass is 10.2. The molecule has 1 unspecified atom stereocenters. The molecule has 80 valence electrons. The maximum atomic E-state index is 9.12. The monoisotopic (exact) mass is 248 g/mol. The Morgan fingerprint density at radius 1 is 1.23 bits per heavy atom. The molecule has 1 N–H and O–H groups in total. The number of halogens is 3. The Balaban J connectivity index is 3.32. The van der Waals surface area contributed by atoms with Crippen LogP contribution in [0.2, 0.25) is 0 Å². The molecule has 0 spiro atoms. The van der Waals surface area contributed by atoms with Crippen LogP contribution in [-0.4, -0.2) is 21.8 Å². The third kappa shape index (κ3) is 7.83. The van der Waals surface area contributed by atoms with Crippen LogP contribution < -0.4 is 0 Å². The summed E-state index contributed by atoms with van der Waals surface area (Å²) in [5.41, 5.74) is 0. The molecule has 5 heteroatoms. The van der Waals surface area contributed by atoms with E-state index in [0.717, 1.165) is 25.7 Å². The van der Waals surface area contributed by atoms with E-state index in [1.54, 1.807) is 0 Å². The molecule has 0 rings (SSSR count). The maximum Gasteiger partial charge on any atom is 0.240 e. The van der Waals surface area contributed by atoms with Crippen LogP contribution in [0.4, 0.5) is 0 Å². The van der Waals surface area contributed by atoms with Crippen molar-refractivity contribution in [2.45, 2.75) is 42.7 Å². The molecule has 0 aliphatic carbocycles. The molecule has 0 aromatic rings. The quantitative estimate of drug-likeness (QED) is 0.445. The first-order valence-corrected chi connectivity index (χ1v) is 5.48. The van der Waals surface area contributed by atoms with Crippen molar-refractivity contribution in [3.8, 4) is 0 Å². The van der Waals surface area contributed by atoms with Crippen LogP contribution in [0.5, 0.6) is 0 Å². The molecule has 0 aromatic heterocycles. The zero-order chi connectivity index (χ0) is 10.3. The minimum Gasteiger partial charge on any atom is -0.365 e.